The molecule has 1 amide bonds. The van der Waals surface area contributed by atoms with Crippen molar-refractivity contribution in [3.05, 3.63) is 47.9 Å². The van der Waals surface area contributed by atoms with E-state index in [1.807, 2.05) is 42.3 Å². The third-order valence-corrected chi connectivity index (χ3v) is 6.57. The number of likely N-dealkylation sites (tertiary alicyclic amines) is 1. The van der Waals surface area contributed by atoms with E-state index in [0.717, 1.165) is 67.1 Å². The molecule has 1 saturated heterocycles. The van der Waals surface area contributed by atoms with Gasteiger partial charge < -0.3 is 19.0 Å². The number of piperidine rings is 1. The van der Waals surface area contributed by atoms with E-state index in [9.17, 15) is 4.79 Å². The van der Waals surface area contributed by atoms with E-state index in [4.69, 9.17) is 9.15 Å². The average molecular weight is 421 g/mol. The first kappa shape index (κ1) is 19.8. The summed E-state index contributed by atoms with van der Waals surface area (Å²) in [6.07, 6.45) is 7.96. The van der Waals surface area contributed by atoms with Gasteiger partial charge in [0.25, 0.3) is 5.91 Å². The molecule has 3 heterocycles. The van der Waals surface area contributed by atoms with Crippen LogP contribution in [0.5, 0.6) is 5.75 Å². The first-order valence-electron chi connectivity index (χ1n) is 11.1. The largest absolute Gasteiger partial charge is 0.484 e. The minimum atomic E-state index is 0.0370. The second kappa shape index (κ2) is 8.57. The molecule has 7 heteroatoms. The number of ether oxygens (including phenoxy) is 1. The Bertz CT molecular complexity index is 1060. The fraction of sp³-hybridized carbons (Fsp3) is 0.458. The van der Waals surface area contributed by atoms with Crippen molar-refractivity contribution in [1.29, 1.82) is 0 Å². The van der Waals surface area contributed by atoms with Gasteiger partial charge >= 0.3 is 0 Å². The molecule has 1 fully saturated rings. The number of fused-ring (bicyclic) bond motifs is 3. The van der Waals surface area contributed by atoms with Crippen LogP contribution >= 0.6 is 0 Å². The van der Waals surface area contributed by atoms with Gasteiger partial charge in [-0.15, -0.1) is 5.10 Å². The Balaban J connectivity index is 1.16. The molecule has 0 radical (unpaired) electrons. The Labute approximate surface area is 182 Å². The third-order valence-electron chi connectivity index (χ3n) is 6.57. The van der Waals surface area contributed by atoms with Crippen molar-refractivity contribution in [2.24, 2.45) is 0 Å². The zero-order valence-electron chi connectivity index (χ0n) is 17.9. The lowest BCUT2D eigenvalue weighted by Gasteiger charge is -2.37. The van der Waals surface area contributed by atoms with E-state index in [0.29, 0.717) is 6.04 Å². The van der Waals surface area contributed by atoms with Gasteiger partial charge in [-0.1, -0.05) is 0 Å². The molecule has 31 heavy (non-hydrogen) atoms. The number of aryl methyl sites for hydroxylation is 2. The normalized spacial score (nSPS) is 16.9. The molecule has 0 saturated carbocycles. The van der Waals surface area contributed by atoms with Gasteiger partial charge in [0.15, 0.2) is 12.4 Å². The van der Waals surface area contributed by atoms with Crippen LogP contribution in [-0.4, -0.2) is 53.8 Å². The first-order valence-corrected chi connectivity index (χ1v) is 11.1. The van der Waals surface area contributed by atoms with Crippen molar-refractivity contribution >= 4 is 22.7 Å². The van der Waals surface area contributed by atoms with E-state index in [2.05, 4.69) is 15.1 Å². The van der Waals surface area contributed by atoms with Crippen molar-refractivity contribution < 1.29 is 13.9 Å². The Kier molecular flexibility index (Phi) is 5.49. The predicted octanol–water partition coefficient (Wildman–Crippen LogP) is 3.61. The molecule has 162 valence electrons. The van der Waals surface area contributed by atoms with E-state index >= 15 is 0 Å². The molecule has 7 nitrogen and oxygen atoms in total. The van der Waals surface area contributed by atoms with Gasteiger partial charge in [-0.2, -0.15) is 5.10 Å². The highest BCUT2D eigenvalue weighted by Gasteiger charge is 2.26. The van der Waals surface area contributed by atoms with Gasteiger partial charge in [0, 0.05) is 49.7 Å². The second-order valence-corrected chi connectivity index (χ2v) is 8.46. The van der Waals surface area contributed by atoms with Crippen LogP contribution < -0.4 is 9.64 Å². The fourth-order valence-corrected chi connectivity index (χ4v) is 4.74. The number of amides is 1. The zero-order chi connectivity index (χ0) is 21.2. The fourth-order valence-electron chi connectivity index (χ4n) is 4.74. The van der Waals surface area contributed by atoms with Crippen LogP contribution in [0.25, 0.3) is 11.0 Å². The van der Waals surface area contributed by atoms with E-state index < -0.39 is 0 Å². The first-order chi connectivity index (χ1) is 15.2. The molecule has 1 aromatic carbocycles. The minimum Gasteiger partial charge on any atom is -0.484 e. The summed E-state index contributed by atoms with van der Waals surface area (Å²) < 4.78 is 11.9. The lowest BCUT2D eigenvalue weighted by atomic mass is 9.96. The molecule has 5 rings (SSSR count). The summed E-state index contributed by atoms with van der Waals surface area (Å²) in [4.78, 5) is 16.8. The summed E-state index contributed by atoms with van der Waals surface area (Å²) in [6, 6.07) is 10.1. The van der Waals surface area contributed by atoms with Crippen molar-refractivity contribution in [2.45, 2.75) is 44.6 Å². The monoisotopic (exact) mass is 420 g/mol. The van der Waals surface area contributed by atoms with E-state index in [-0.39, 0.29) is 12.5 Å². The number of furan rings is 1. The topological polar surface area (TPSA) is 71.7 Å². The highest BCUT2D eigenvalue weighted by molar-refractivity contribution is 5.84. The zero-order valence-corrected chi connectivity index (χ0v) is 17.9. The predicted molar refractivity (Wildman–Crippen MR) is 118 cm³/mol. The van der Waals surface area contributed by atoms with Crippen molar-refractivity contribution in [3.63, 3.8) is 0 Å². The maximum atomic E-state index is 12.7. The van der Waals surface area contributed by atoms with Gasteiger partial charge in [-0.3, -0.25) is 4.79 Å². The highest BCUT2D eigenvalue weighted by atomic mass is 16.5. The smallest absolute Gasteiger partial charge is 0.260 e. The SMILES string of the molecule is CN(c1cccnn1)C1CCN(C(=O)COc2ccc3oc4c(c3c2)CCCC4)CC1. The number of hydrogen-bond donors (Lipinski definition) is 0. The second-order valence-electron chi connectivity index (χ2n) is 8.46. The Morgan fingerprint density at radius 3 is 2.87 bits per heavy atom. The average Bonchev–Trinajstić information content (AvgIpc) is 3.21. The summed E-state index contributed by atoms with van der Waals surface area (Å²) in [5.41, 5.74) is 2.23. The molecule has 1 aliphatic heterocycles. The molecule has 0 bridgehead atoms. The molecule has 1 aliphatic carbocycles. The molecule has 0 N–H and O–H groups in total. The molecular weight excluding hydrogens is 392 g/mol. The number of benzene rings is 1. The van der Waals surface area contributed by atoms with Crippen molar-refractivity contribution in [3.8, 4) is 5.75 Å². The standard InChI is InChI=1S/C24H28N4O3/c1-27(23-7-4-12-25-26-23)17-10-13-28(14-11-17)24(29)16-30-18-8-9-22-20(15-18)19-5-2-3-6-21(19)31-22/h4,7-9,12,15,17H,2-3,5-6,10-11,13-14,16H2,1H3. The number of rotatable bonds is 5. The summed E-state index contributed by atoms with van der Waals surface area (Å²) in [5, 5.41) is 9.27. The number of carbonyl (C=O) groups excluding carboxylic acids is 1. The maximum absolute atomic E-state index is 12.7. The van der Waals surface area contributed by atoms with Gasteiger partial charge in [-0.25, -0.2) is 0 Å². The number of nitrogens with zero attached hydrogens (tertiary/aromatic N) is 4. The van der Waals surface area contributed by atoms with E-state index in [1.54, 1.807) is 6.20 Å². The summed E-state index contributed by atoms with van der Waals surface area (Å²) in [7, 11) is 2.04. The van der Waals surface area contributed by atoms with Crippen LogP contribution in [0.2, 0.25) is 0 Å². The lowest BCUT2D eigenvalue weighted by molar-refractivity contribution is -0.134. The molecule has 2 aromatic heterocycles. The number of hydrogen-bond acceptors (Lipinski definition) is 6. The Morgan fingerprint density at radius 1 is 1.23 bits per heavy atom. The highest BCUT2D eigenvalue weighted by Crippen LogP contribution is 2.34. The van der Waals surface area contributed by atoms with Crippen LogP contribution in [0.1, 0.15) is 37.0 Å². The molecule has 0 atom stereocenters. The molecular formula is C24H28N4O3. The lowest BCUT2D eigenvalue weighted by Crippen LogP contribution is -2.47. The van der Waals surface area contributed by atoms with Gasteiger partial charge in [0.05, 0.1) is 0 Å². The number of carbonyl (C=O) groups is 1. The van der Waals surface area contributed by atoms with Gasteiger partial charge in [0.1, 0.15) is 17.1 Å². The van der Waals surface area contributed by atoms with E-state index in [1.165, 1.54) is 18.4 Å². The van der Waals surface area contributed by atoms with Crippen LogP contribution in [0.3, 0.4) is 0 Å². The molecule has 2 aliphatic rings. The van der Waals surface area contributed by atoms with Gasteiger partial charge in [0.2, 0.25) is 0 Å². The van der Waals surface area contributed by atoms with Crippen LogP contribution in [0.15, 0.2) is 40.9 Å². The number of aromatic nitrogens is 2. The molecule has 3 aromatic rings. The Morgan fingerprint density at radius 2 is 2.06 bits per heavy atom. The van der Waals surface area contributed by atoms with Crippen LogP contribution in [0, 0.1) is 0 Å². The Hall–Kier alpha value is -3.09. The summed E-state index contributed by atoms with van der Waals surface area (Å²) >= 11 is 0. The molecule has 0 spiro atoms. The van der Waals surface area contributed by atoms with Crippen LogP contribution in [-0.2, 0) is 17.6 Å². The minimum absolute atomic E-state index is 0.0370. The summed E-state index contributed by atoms with van der Waals surface area (Å²) in [6.45, 7) is 1.52. The van der Waals surface area contributed by atoms with Crippen molar-refractivity contribution in [2.75, 3.05) is 31.6 Å². The summed E-state index contributed by atoms with van der Waals surface area (Å²) in [5.74, 6) is 2.75. The third kappa shape index (κ3) is 4.09. The van der Waals surface area contributed by atoms with Crippen LogP contribution in [0.4, 0.5) is 5.82 Å². The quantitative estimate of drug-likeness (QED) is 0.628. The molecule has 0 unspecified atom stereocenters. The van der Waals surface area contributed by atoms with Gasteiger partial charge in [-0.05, 0) is 62.4 Å². The number of anilines is 1. The maximum Gasteiger partial charge on any atom is 0.260 e. The van der Waals surface area contributed by atoms with Crippen molar-refractivity contribution in [1.82, 2.24) is 15.1 Å².